The zero-order chi connectivity index (χ0) is 54.3. The SMILES string of the molecule is CC/C=C\C/C=C\C/C=C\C/C=C\CCCCCCCCCCCCCCC(=O)OCC(COC(=O)CCCCCCC/C=C\C/C=C\CCC)OC(=O)CCCCCCCC/C=C\C/C=C\C/C=C\CCCCC. The van der Waals surface area contributed by atoms with E-state index in [0.29, 0.717) is 19.3 Å². The van der Waals surface area contributed by atoms with Gasteiger partial charge in [-0.05, 0) is 122 Å². The number of hydrogen-bond acceptors (Lipinski definition) is 6. The topological polar surface area (TPSA) is 78.9 Å². The van der Waals surface area contributed by atoms with Crippen molar-refractivity contribution in [3.63, 3.8) is 0 Å². The van der Waals surface area contributed by atoms with E-state index < -0.39 is 6.10 Å². The van der Waals surface area contributed by atoms with Crippen molar-refractivity contribution in [3.05, 3.63) is 109 Å². The van der Waals surface area contributed by atoms with Crippen molar-refractivity contribution in [2.24, 2.45) is 0 Å². The summed E-state index contributed by atoms with van der Waals surface area (Å²) in [5, 5.41) is 0. The quantitative estimate of drug-likeness (QED) is 0.0261. The summed E-state index contributed by atoms with van der Waals surface area (Å²) in [6.07, 6.45) is 85.1. The maximum absolute atomic E-state index is 12.9. The third kappa shape index (κ3) is 60.8. The van der Waals surface area contributed by atoms with Crippen molar-refractivity contribution < 1.29 is 28.6 Å². The number of allylic oxidation sites excluding steroid dienone is 18. The molecule has 0 heterocycles. The highest BCUT2D eigenvalue weighted by Gasteiger charge is 2.19. The van der Waals surface area contributed by atoms with Crippen LogP contribution < -0.4 is 0 Å². The summed E-state index contributed by atoms with van der Waals surface area (Å²) >= 11 is 0. The normalized spacial score (nSPS) is 12.8. The molecule has 0 saturated heterocycles. The van der Waals surface area contributed by atoms with E-state index in [0.717, 1.165) is 141 Å². The van der Waals surface area contributed by atoms with Gasteiger partial charge in [0.1, 0.15) is 13.2 Å². The number of carbonyl (C=O) groups excluding carboxylic acids is 3. The molecule has 0 saturated carbocycles. The first-order valence-corrected chi connectivity index (χ1v) is 31.4. The van der Waals surface area contributed by atoms with Gasteiger partial charge in [0, 0.05) is 19.3 Å². The summed E-state index contributed by atoms with van der Waals surface area (Å²) in [5.41, 5.74) is 0. The van der Waals surface area contributed by atoms with E-state index in [4.69, 9.17) is 14.2 Å². The Morgan fingerprint density at radius 2 is 0.547 bits per heavy atom. The first-order valence-electron chi connectivity index (χ1n) is 31.4. The smallest absolute Gasteiger partial charge is 0.306 e. The molecule has 0 aliphatic rings. The standard InChI is InChI=1S/C69H116O6/c1-4-7-10-13-16-19-22-25-27-29-31-32-33-34-35-36-38-39-41-44-47-50-53-56-59-62-68(71)74-65-66(64-73-67(70)61-58-55-52-49-46-43-24-21-18-15-12-9-6-3)75-69(72)63-60-57-54-51-48-45-42-40-37-30-28-26-23-20-17-14-11-8-5-2/h7,10,12,15-17,19-21,24-28,31-32,37,40,66H,4-6,8-9,11,13-14,18,22-23,29-30,33-36,38-39,41-65H2,1-3H3/b10-7-,15-12-,19-16-,20-17-,24-21-,27-25-,28-26-,32-31-,40-37-. The molecule has 1 atom stereocenters. The average molecular weight is 1040 g/mol. The summed E-state index contributed by atoms with van der Waals surface area (Å²) in [5.74, 6) is -0.913. The molecule has 6 nitrogen and oxygen atoms in total. The van der Waals surface area contributed by atoms with Gasteiger partial charge in [-0.25, -0.2) is 0 Å². The van der Waals surface area contributed by atoms with E-state index in [1.165, 1.54) is 109 Å². The molecular formula is C69H116O6. The molecule has 0 N–H and O–H groups in total. The van der Waals surface area contributed by atoms with E-state index in [-0.39, 0.29) is 31.1 Å². The molecule has 0 bridgehead atoms. The molecule has 0 rings (SSSR count). The molecule has 6 heteroatoms. The van der Waals surface area contributed by atoms with E-state index in [1.54, 1.807) is 0 Å². The van der Waals surface area contributed by atoms with Crippen LogP contribution in [0.2, 0.25) is 0 Å². The second-order valence-electron chi connectivity index (χ2n) is 20.6. The maximum Gasteiger partial charge on any atom is 0.306 e. The first kappa shape index (κ1) is 71.1. The predicted octanol–water partition coefficient (Wildman–Crippen LogP) is 21.4. The fourth-order valence-electron chi connectivity index (χ4n) is 8.54. The molecule has 0 aromatic carbocycles. The van der Waals surface area contributed by atoms with Crippen LogP contribution in [0.3, 0.4) is 0 Å². The molecule has 428 valence electrons. The van der Waals surface area contributed by atoms with Gasteiger partial charge in [-0.2, -0.15) is 0 Å². The number of esters is 3. The Hall–Kier alpha value is -3.93. The van der Waals surface area contributed by atoms with Gasteiger partial charge in [0.05, 0.1) is 0 Å². The number of unbranched alkanes of at least 4 members (excludes halogenated alkanes) is 27. The van der Waals surface area contributed by atoms with Gasteiger partial charge < -0.3 is 14.2 Å². The highest BCUT2D eigenvalue weighted by Crippen LogP contribution is 2.16. The zero-order valence-electron chi connectivity index (χ0n) is 49.0. The van der Waals surface area contributed by atoms with Crippen LogP contribution in [0.15, 0.2) is 109 Å². The van der Waals surface area contributed by atoms with Gasteiger partial charge in [0.2, 0.25) is 0 Å². The molecule has 0 aliphatic carbocycles. The van der Waals surface area contributed by atoms with Crippen LogP contribution in [0.1, 0.15) is 290 Å². The second kappa shape index (κ2) is 62.6. The summed E-state index contributed by atoms with van der Waals surface area (Å²) in [6, 6.07) is 0. The molecule has 1 unspecified atom stereocenters. The minimum absolute atomic E-state index is 0.0894. The largest absolute Gasteiger partial charge is 0.462 e. The maximum atomic E-state index is 12.9. The van der Waals surface area contributed by atoms with Gasteiger partial charge in [0.15, 0.2) is 6.10 Å². The van der Waals surface area contributed by atoms with Gasteiger partial charge in [0.25, 0.3) is 0 Å². The third-order valence-electron chi connectivity index (χ3n) is 13.2. The summed E-state index contributed by atoms with van der Waals surface area (Å²) in [6.45, 7) is 6.43. The van der Waals surface area contributed by atoms with Crippen LogP contribution in [0, 0.1) is 0 Å². The van der Waals surface area contributed by atoms with Gasteiger partial charge in [-0.15, -0.1) is 0 Å². The average Bonchev–Trinajstić information content (AvgIpc) is 3.41. The van der Waals surface area contributed by atoms with Crippen molar-refractivity contribution in [1.29, 1.82) is 0 Å². The monoisotopic (exact) mass is 1040 g/mol. The van der Waals surface area contributed by atoms with Gasteiger partial charge in [-0.3, -0.25) is 14.4 Å². The van der Waals surface area contributed by atoms with Crippen LogP contribution in [0.25, 0.3) is 0 Å². The lowest BCUT2D eigenvalue weighted by molar-refractivity contribution is -0.167. The van der Waals surface area contributed by atoms with Gasteiger partial charge in [-0.1, -0.05) is 259 Å². The highest BCUT2D eigenvalue weighted by atomic mass is 16.6. The number of carbonyl (C=O) groups is 3. The lowest BCUT2D eigenvalue weighted by atomic mass is 10.0. The Morgan fingerprint density at radius 1 is 0.280 bits per heavy atom. The Balaban J connectivity index is 4.35. The van der Waals surface area contributed by atoms with E-state index >= 15 is 0 Å². The molecule has 0 aromatic heterocycles. The molecule has 0 aliphatic heterocycles. The van der Waals surface area contributed by atoms with Crippen molar-refractivity contribution >= 4 is 17.9 Å². The first-order chi connectivity index (χ1) is 37.0. The molecule has 0 fully saturated rings. The molecule has 0 aromatic rings. The summed E-state index contributed by atoms with van der Waals surface area (Å²) in [7, 11) is 0. The Labute approximate surface area is 463 Å². The minimum atomic E-state index is -0.794. The lowest BCUT2D eigenvalue weighted by Crippen LogP contribution is -2.30. The summed E-state index contributed by atoms with van der Waals surface area (Å²) < 4.78 is 16.9. The van der Waals surface area contributed by atoms with E-state index in [1.807, 2.05) is 0 Å². The zero-order valence-corrected chi connectivity index (χ0v) is 49.0. The van der Waals surface area contributed by atoms with Crippen molar-refractivity contribution in [3.8, 4) is 0 Å². The van der Waals surface area contributed by atoms with Crippen LogP contribution in [-0.4, -0.2) is 37.2 Å². The lowest BCUT2D eigenvalue weighted by Gasteiger charge is -2.18. The van der Waals surface area contributed by atoms with Gasteiger partial charge >= 0.3 is 17.9 Å². The predicted molar refractivity (Wildman–Crippen MR) is 325 cm³/mol. The Bertz CT molecular complexity index is 1520. The molecule has 0 amide bonds. The van der Waals surface area contributed by atoms with Crippen LogP contribution >= 0.6 is 0 Å². The van der Waals surface area contributed by atoms with Crippen molar-refractivity contribution in [1.82, 2.24) is 0 Å². The van der Waals surface area contributed by atoms with Crippen LogP contribution in [0.4, 0.5) is 0 Å². The molecular weight excluding hydrogens is 925 g/mol. The number of ether oxygens (including phenoxy) is 3. The van der Waals surface area contributed by atoms with E-state index in [2.05, 4.69) is 130 Å². The van der Waals surface area contributed by atoms with Crippen molar-refractivity contribution in [2.45, 2.75) is 297 Å². The minimum Gasteiger partial charge on any atom is -0.462 e. The second-order valence-corrected chi connectivity index (χ2v) is 20.6. The Morgan fingerprint density at radius 3 is 0.867 bits per heavy atom. The van der Waals surface area contributed by atoms with E-state index in [9.17, 15) is 14.4 Å². The van der Waals surface area contributed by atoms with Crippen molar-refractivity contribution in [2.75, 3.05) is 13.2 Å². The number of rotatable bonds is 56. The fraction of sp³-hybridized carbons (Fsp3) is 0.696. The highest BCUT2D eigenvalue weighted by molar-refractivity contribution is 5.71. The summed E-state index contributed by atoms with van der Waals surface area (Å²) in [4.78, 5) is 38.3. The molecule has 75 heavy (non-hydrogen) atoms. The molecule has 0 spiro atoms. The van der Waals surface area contributed by atoms with Crippen LogP contribution in [-0.2, 0) is 28.6 Å². The molecule has 0 radical (unpaired) electrons. The Kier molecular flexibility index (Phi) is 59.3. The fourth-order valence-corrected chi connectivity index (χ4v) is 8.54. The number of hydrogen-bond donors (Lipinski definition) is 0. The third-order valence-corrected chi connectivity index (χ3v) is 13.2. The van der Waals surface area contributed by atoms with Crippen LogP contribution in [0.5, 0.6) is 0 Å².